The molecule has 0 saturated carbocycles. The van der Waals surface area contributed by atoms with Crippen molar-refractivity contribution in [2.75, 3.05) is 18.4 Å². The van der Waals surface area contributed by atoms with Gasteiger partial charge >= 0.3 is 0 Å². The smallest absolute Gasteiger partial charge is 0.263 e. The van der Waals surface area contributed by atoms with Crippen LogP contribution < -0.4 is 16.0 Å². The fourth-order valence-corrected chi connectivity index (χ4v) is 1.29. The highest BCUT2D eigenvalue weighted by molar-refractivity contribution is 5.85. The van der Waals surface area contributed by atoms with Crippen molar-refractivity contribution in [3.63, 3.8) is 0 Å². The van der Waals surface area contributed by atoms with Crippen molar-refractivity contribution in [2.24, 2.45) is 5.10 Å². The van der Waals surface area contributed by atoms with Crippen LogP contribution in [0.5, 0.6) is 11.5 Å². The normalized spacial score (nSPS) is 10.7. The molecule has 8 heteroatoms. The highest BCUT2D eigenvalue weighted by Crippen LogP contribution is 2.27. The lowest BCUT2D eigenvalue weighted by atomic mass is 10.2. The zero-order chi connectivity index (χ0) is 13.0. The maximum Gasteiger partial charge on any atom is 0.263 e. The first-order valence-corrected chi connectivity index (χ1v) is 5.02. The number of aromatic hydroxyl groups is 1. The van der Waals surface area contributed by atoms with E-state index in [0.717, 1.165) is 0 Å². The quantitative estimate of drug-likeness (QED) is 0.403. The fourth-order valence-electron chi connectivity index (χ4n) is 1.29. The van der Waals surface area contributed by atoms with E-state index in [1.807, 2.05) is 0 Å². The first-order valence-electron chi connectivity index (χ1n) is 5.02. The van der Waals surface area contributed by atoms with Gasteiger partial charge in [0.2, 0.25) is 0 Å². The highest BCUT2D eigenvalue weighted by Gasteiger charge is 2.04. The molecule has 0 radical (unpaired) electrons. The van der Waals surface area contributed by atoms with Crippen molar-refractivity contribution in [3.8, 4) is 11.5 Å². The number of nitrogens with zero attached hydrogens (tertiary/aromatic N) is 4. The molecule has 0 amide bonds. The minimum atomic E-state index is 0.0137. The monoisotopic (exact) mass is 248 g/mol. The first-order chi connectivity index (χ1) is 8.72. The summed E-state index contributed by atoms with van der Waals surface area (Å²) in [4.78, 5) is 0. The maximum atomic E-state index is 9.80. The second-order valence-corrected chi connectivity index (χ2v) is 3.33. The van der Waals surface area contributed by atoms with E-state index < -0.39 is 0 Å². The van der Waals surface area contributed by atoms with E-state index in [1.54, 1.807) is 18.2 Å². The van der Waals surface area contributed by atoms with Crippen LogP contribution >= 0.6 is 0 Å². The van der Waals surface area contributed by atoms with Crippen molar-refractivity contribution in [1.29, 1.82) is 0 Å². The number of rotatable bonds is 4. The Morgan fingerprint density at radius 1 is 1.56 bits per heavy atom. The standard InChI is InChI=1S/C10H12N6O2/c1-18-8-4-2-3-7(9(8)17)5-12-14-10-15-13-6-16(10)11/h2-6,17H,11H2,1H3,(H,14,15). The van der Waals surface area contributed by atoms with Gasteiger partial charge in [-0.05, 0) is 12.1 Å². The topological polar surface area (TPSA) is 111 Å². The number of ether oxygens (including phenoxy) is 1. The number of hydrogen-bond acceptors (Lipinski definition) is 7. The van der Waals surface area contributed by atoms with E-state index in [9.17, 15) is 5.11 Å². The van der Waals surface area contributed by atoms with Crippen LogP contribution in [0.4, 0.5) is 5.95 Å². The molecule has 0 atom stereocenters. The SMILES string of the molecule is COc1cccc(C=NNc2nncn2N)c1O. The summed E-state index contributed by atoms with van der Waals surface area (Å²) in [5.74, 6) is 6.16. The van der Waals surface area contributed by atoms with E-state index in [-0.39, 0.29) is 11.7 Å². The summed E-state index contributed by atoms with van der Waals surface area (Å²) in [5.41, 5.74) is 3.09. The van der Waals surface area contributed by atoms with Gasteiger partial charge in [0.15, 0.2) is 11.5 Å². The summed E-state index contributed by atoms with van der Waals surface area (Å²) in [7, 11) is 1.48. The molecule has 1 heterocycles. The summed E-state index contributed by atoms with van der Waals surface area (Å²) in [5, 5.41) is 20.9. The van der Waals surface area contributed by atoms with Crippen molar-refractivity contribution in [1.82, 2.24) is 14.9 Å². The molecule has 2 rings (SSSR count). The van der Waals surface area contributed by atoms with E-state index in [4.69, 9.17) is 10.6 Å². The third-order valence-corrected chi connectivity index (χ3v) is 2.19. The van der Waals surface area contributed by atoms with Crippen LogP contribution in [-0.2, 0) is 0 Å². The summed E-state index contributed by atoms with van der Waals surface area (Å²) in [6.07, 6.45) is 2.76. The van der Waals surface area contributed by atoms with Crippen molar-refractivity contribution in [3.05, 3.63) is 30.1 Å². The number of hydrogen-bond donors (Lipinski definition) is 3. The van der Waals surface area contributed by atoms with E-state index in [0.29, 0.717) is 11.3 Å². The Hall–Kier alpha value is -2.77. The second-order valence-electron chi connectivity index (χ2n) is 3.33. The van der Waals surface area contributed by atoms with Gasteiger partial charge < -0.3 is 15.7 Å². The molecule has 0 aliphatic carbocycles. The lowest BCUT2D eigenvalue weighted by Crippen LogP contribution is -2.10. The molecule has 1 aromatic heterocycles. The minimum Gasteiger partial charge on any atom is -0.504 e. The highest BCUT2D eigenvalue weighted by atomic mass is 16.5. The van der Waals surface area contributed by atoms with Crippen molar-refractivity contribution >= 4 is 12.2 Å². The number of phenolic OH excluding ortho intramolecular Hbond substituents is 1. The van der Waals surface area contributed by atoms with Gasteiger partial charge in [-0.1, -0.05) is 6.07 Å². The zero-order valence-corrected chi connectivity index (χ0v) is 9.61. The zero-order valence-electron chi connectivity index (χ0n) is 9.61. The first kappa shape index (κ1) is 11.7. The number of methoxy groups -OCH3 is 1. The maximum absolute atomic E-state index is 9.80. The van der Waals surface area contributed by atoms with Gasteiger partial charge in [-0.25, -0.2) is 10.1 Å². The lowest BCUT2D eigenvalue weighted by Gasteiger charge is -2.04. The number of nitrogens with one attached hydrogen (secondary N) is 1. The Balaban J connectivity index is 2.12. The molecule has 0 spiro atoms. The molecule has 4 N–H and O–H groups in total. The van der Waals surface area contributed by atoms with Gasteiger partial charge in [-0.3, -0.25) is 0 Å². The van der Waals surface area contributed by atoms with Crippen LogP contribution in [0.3, 0.4) is 0 Å². The number of aromatic nitrogens is 3. The Bertz CT molecular complexity index is 565. The third kappa shape index (κ3) is 2.32. The molecule has 2 aromatic rings. The number of anilines is 1. The van der Waals surface area contributed by atoms with Crippen LogP contribution in [0.25, 0.3) is 0 Å². The molecule has 0 bridgehead atoms. The van der Waals surface area contributed by atoms with Gasteiger partial charge in [0.1, 0.15) is 6.33 Å². The molecule has 0 aliphatic rings. The summed E-state index contributed by atoms with van der Waals surface area (Å²) in [6, 6.07) is 5.08. The molecule has 0 fully saturated rings. The molecule has 94 valence electrons. The second kappa shape index (κ2) is 5.04. The summed E-state index contributed by atoms with van der Waals surface area (Å²) >= 11 is 0. The van der Waals surface area contributed by atoms with Crippen molar-refractivity contribution < 1.29 is 9.84 Å². The van der Waals surface area contributed by atoms with E-state index in [1.165, 1.54) is 24.3 Å². The van der Waals surface area contributed by atoms with Gasteiger partial charge in [0.05, 0.1) is 13.3 Å². The number of nitrogens with two attached hydrogens (primary N) is 1. The Morgan fingerprint density at radius 2 is 2.39 bits per heavy atom. The largest absolute Gasteiger partial charge is 0.504 e. The Kier molecular flexibility index (Phi) is 3.28. The average molecular weight is 248 g/mol. The Labute approximate surface area is 103 Å². The third-order valence-electron chi connectivity index (χ3n) is 2.19. The minimum absolute atomic E-state index is 0.0137. The Morgan fingerprint density at radius 3 is 3.06 bits per heavy atom. The van der Waals surface area contributed by atoms with E-state index in [2.05, 4.69) is 20.7 Å². The number of hydrazone groups is 1. The van der Waals surface area contributed by atoms with Gasteiger partial charge in [0, 0.05) is 5.56 Å². The summed E-state index contributed by atoms with van der Waals surface area (Å²) < 4.78 is 6.16. The predicted molar refractivity (Wildman–Crippen MR) is 66.0 cm³/mol. The number of para-hydroxylation sites is 1. The van der Waals surface area contributed by atoms with E-state index >= 15 is 0 Å². The van der Waals surface area contributed by atoms with Crippen LogP contribution in [0, 0.1) is 0 Å². The fraction of sp³-hybridized carbons (Fsp3) is 0.100. The lowest BCUT2D eigenvalue weighted by molar-refractivity contribution is 0.373. The number of phenols is 1. The molecule has 0 saturated heterocycles. The number of nitrogen functional groups attached to an aromatic ring is 1. The average Bonchev–Trinajstić information content (AvgIpc) is 2.77. The van der Waals surface area contributed by atoms with Crippen LogP contribution in [0.15, 0.2) is 29.6 Å². The molecule has 18 heavy (non-hydrogen) atoms. The molecule has 1 aromatic carbocycles. The molecule has 0 unspecified atom stereocenters. The molecule has 8 nitrogen and oxygen atoms in total. The van der Waals surface area contributed by atoms with Crippen LogP contribution in [0.2, 0.25) is 0 Å². The molecular weight excluding hydrogens is 236 g/mol. The van der Waals surface area contributed by atoms with Gasteiger partial charge in [0.25, 0.3) is 5.95 Å². The number of benzene rings is 1. The van der Waals surface area contributed by atoms with Crippen LogP contribution in [-0.4, -0.2) is 33.3 Å². The molecule has 0 aliphatic heterocycles. The predicted octanol–water partition coefficient (Wildman–Crippen LogP) is 0.152. The van der Waals surface area contributed by atoms with Crippen LogP contribution in [0.1, 0.15) is 5.56 Å². The molecular formula is C10H12N6O2. The van der Waals surface area contributed by atoms with Gasteiger partial charge in [-0.15, -0.1) is 10.2 Å². The van der Waals surface area contributed by atoms with Crippen molar-refractivity contribution in [2.45, 2.75) is 0 Å². The van der Waals surface area contributed by atoms with Gasteiger partial charge in [-0.2, -0.15) is 5.10 Å². The summed E-state index contributed by atoms with van der Waals surface area (Å²) in [6.45, 7) is 0.